The molecule has 0 aliphatic heterocycles. The van der Waals surface area contributed by atoms with E-state index in [4.69, 9.17) is 0 Å². The summed E-state index contributed by atoms with van der Waals surface area (Å²) in [4.78, 5) is 2.23. The summed E-state index contributed by atoms with van der Waals surface area (Å²) in [6, 6.07) is 8.20. The summed E-state index contributed by atoms with van der Waals surface area (Å²) in [7, 11) is 2.09. The maximum absolute atomic E-state index is 9.77. The van der Waals surface area contributed by atoms with Crippen LogP contribution in [0.3, 0.4) is 0 Å². The topological polar surface area (TPSA) is 23.5 Å². The Balaban J connectivity index is 2.12. The van der Waals surface area contributed by atoms with Crippen molar-refractivity contribution in [3.63, 3.8) is 0 Å². The molecule has 0 atom stereocenters. The first-order chi connectivity index (χ1) is 7.29. The molecule has 0 unspecified atom stereocenters. The number of nitrogens with zero attached hydrogens (tertiary/aromatic N) is 1. The molecule has 1 saturated carbocycles. The Morgan fingerprint density at radius 2 is 1.80 bits per heavy atom. The quantitative estimate of drug-likeness (QED) is 0.801. The molecule has 0 aromatic heterocycles. The van der Waals surface area contributed by atoms with Gasteiger partial charge >= 0.3 is 0 Å². The molecule has 2 rings (SSSR count). The summed E-state index contributed by atoms with van der Waals surface area (Å²) in [5.41, 5.74) is 0.962. The fourth-order valence-electron chi connectivity index (χ4n) is 2.43. The number of aromatic hydroxyl groups is 1. The number of hydrogen-bond acceptors (Lipinski definition) is 2. The normalized spacial score (nSPS) is 17.7. The van der Waals surface area contributed by atoms with E-state index in [1.54, 1.807) is 6.07 Å². The van der Waals surface area contributed by atoms with Crippen LogP contribution in [0.1, 0.15) is 32.1 Å². The SMILES string of the molecule is CN(c1ccccc1O)C1CCCCC1. The average Bonchev–Trinajstić information content (AvgIpc) is 2.30. The molecule has 15 heavy (non-hydrogen) atoms. The number of anilines is 1. The van der Waals surface area contributed by atoms with Gasteiger partial charge in [-0.1, -0.05) is 31.4 Å². The standard InChI is InChI=1S/C13H19NO/c1-14(11-7-3-2-4-8-11)12-9-5-6-10-13(12)15/h5-6,9-11,15H,2-4,7-8H2,1H3. The Morgan fingerprint density at radius 3 is 2.47 bits per heavy atom. The van der Waals surface area contributed by atoms with E-state index in [-0.39, 0.29) is 0 Å². The average molecular weight is 205 g/mol. The molecule has 82 valence electrons. The van der Waals surface area contributed by atoms with E-state index in [2.05, 4.69) is 11.9 Å². The van der Waals surface area contributed by atoms with Crippen molar-refractivity contribution in [2.45, 2.75) is 38.1 Å². The van der Waals surface area contributed by atoms with Crippen molar-refractivity contribution in [2.75, 3.05) is 11.9 Å². The summed E-state index contributed by atoms with van der Waals surface area (Å²) in [6.45, 7) is 0. The third kappa shape index (κ3) is 2.25. The fourth-order valence-corrected chi connectivity index (χ4v) is 2.43. The van der Waals surface area contributed by atoms with Gasteiger partial charge in [0.25, 0.3) is 0 Å². The first-order valence-corrected chi connectivity index (χ1v) is 5.80. The number of phenolic OH excluding ortho intramolecular Hbond substituents is 1. The van der Waals surface area contributed by atoms with Gasteiger partial charge in [0, 0.05) is 13.1 Å². The zero-order chi connectivity index (χ0) is 10.7. The third-order valence-corrected chi connectivity index (χ3v) is 3.38. The van der Waals surface area contributed by atoms with Gasteiger partial charge in [-0.05, 0) is 25.0 Å². The van der Waals surface area contributed by atoms with Gasteiger partial charge in [0.15, 0.2) is 0 Å². The van der Waals surface area contributed by atoms with Crippen molar-refractivity contribution in [3.8, 4) is 5.75 Å². The highest BCUT2D eigenvalue weighted by Crippen LogP contribution is 2.31. The van der Waals surface area contributed by atoms with Crippen LogP contribution in [0.15, 0.2) is 24.3 Å². The highest BCUT2D eigenvalue weighted by molar-refractivity contribution is 5.57. The van der Waals surface area contributed by atoms with Gasteiger partial charge in [0.1, 0.15) is 5.75 Å². The molecule has 0 bridgehead atoms. The highest BCUT2D eigenvalue weighted by atomic mass is 16.3. The van der Waals surface area contributed by atoms with Crippen LogP contribution < -0.4 is 4.90 Å². The summed E-state index contributed by atoms with van der Waals surface area (Å²) in [5.74, 6) is 0.394. The number of benzene rings is 1. The molecule has 1 N–H and O–H groups in total. The predicted molar refractivity (Wildman–Crippen MR) is 63.4 cm³/mol. The number of hydrogen-bond donors (Lipinski definition) is 1. The molecule has 1 fully saturated rings. The summed E-state index contributed by atoms with van der Waals surface area (Å²) in [5, 5.41) is 9.77. The lowest BCUT2D eigenvalue weighted by Gasteiger charge is -2.33. The molecule has 0 amide bonds. The van der Waals surface area contributed by atoms with E-state index in [1.807, 2.05) is 18.2 Å². The van der Waals surface area contributed by atoms with Crippen LogP contribution in [-0.4, -0.2) is 18.2 Å². The van der Waals surface area contributed by atoms with Crippen LogP contribution in [-0.2, 0) is 0 Å². The third-order valence-electron chi connectivity index (χ3n) is 3.38. The Hall–Kier alpha value is -1.18. The number of phenols is 1. The second-order valence-electron chi connectivity index (χ2n) is 4.39. The van der Waals surface area contributed by atoms with Crippen molar-refractivity contribution in [1.29, 1.82) is 0 Å². The number of para-hydroxylation sites is 2. The minimum Gasteiger partial charge on any atom is -0.506 e. The lowest BCUT2D eigenvalue weighted by Crippen LogP contribution is -2.33. The molecule has 0 spiro atoms. The van der Waals surface area contributed by atoms with Gasteiger partial charge in [0.05, 0.1) is 5.69 Å². The minimum absolute atomic E-state index is 0.394. The van der Waals surface area contributed by atoms with Crippen molar-refractivity contribution in [1.82, 2.24) is 0 Å². The molecule has 0 radical (unpaired) electrons. The van der Waals surface area contributed by atoms with Crippen molar-refractivity contribution < 1.29 is 5.11 Å². The minimum atomic E-state index is 0.394. The van der Waals surface area contributed by atoms with E-state index in [9.17, 15) is 5.11 Å². The molecule has 1 aliphatic carbocycles. The van der Waals surface area contributed by atoms with Gasteiger partial charge in [-0.25, -0.2) is 0 Å². The number of rotatable bonds is 2. The van der Waals surface area contributed by atoms with Crippen LogP contribution in [0.4, 0.5) is 5.69 Å². The monoisotopic (exact) mass is 205 g/mol. The summed E-state index contributed by atoms with van der Waals surface area (Å²) >= 11 is 0. The van der Waals surface area contributed by atoms with Gasteiger partial charge in [-0.2, -0.15) is 0 Å². The molecule has 1 aliphatic rings. The van der Waals surface area contributed by atoms with Gasteiger partial charge < -0.3 is 10.0 Å². The first-order valence-electron chi connectivity index (χ1n) is 5.80. The molecule has 1 aromatic carbocycles. The second kappa shape index (κ2) is 4.56. The van der Waals surface area contributed by atoms with Crippen molar-refractivity contribution in [3.05, 3.63) is 24.3 Å². The maximum atomic E-state index is 9.77. The van der Waals surface area contributed by atoms with E-state index >= 15 is 0 Å². The zero-order valence-electron chi connectivity index (χ0n) is 9.32. The predicted octanol–water partition coefficient (Wildman–Crippen LogP) is 3.16. The molecular weight excluding hydrogens is 186 g/mol. The molecule has 2 heteroatoms. The Morgan fingerprint density at radius 1 is 1.13 bits per heavy atom. The molecule has 0 heterocycles. The molecule has 1 aromatic rings. The van der Waals surface area contributed by atoms with E-state index in [0.29, 0.717) is 11.8 Å². The summed E-state index contributed by atoms with van der Waals surface area (Å²) < 4.78 is 0. The van der Waals surface area contributed by atoms with E-state index < -0.39 is 0 Å². The lowest BCUT2D eigenvalue weighted by molar-refractivity contribution is 0.420. The van der Waals surface area contributed by atoms with Crippen molar-refractivity contribution >= 4 is 5.69 Å². The maximum Gasteiger partial charge on any atom is 0.138 e. The molecular formula is C13H19NO. The van der Waals surface area contributed by atoms with Gasteiger partial charge in [-0.3, -0.25) is 0 Å². The fraction of sp³-hybridized carbons (Fsp3) is 0.538. The van der Waals surface area contributed by atoms with Crippen LogP contribution in [0.25, 0.3) is 0 Å². The Bertz CT molecular complexity index is 318. The van der Waals surface area contributed by atoms with Crippen LogP contribution >= 0.6 is 0 Å². The van der Waals surface area contributed by atoms with Crippen LogP contribution in [0.2, 0.25) is 0 Å². The largest absolute Gasteiger partial charge is 0.506 e. The van der Waals surface area contributed by atoms with Crippen LogP contribution in [0.5, 0.6) is 5.75 Å². The lowest BCUT2D eigenvalue weighted by atomic mass is 9.94. The Labute approximate surface area is 91.5 Å². The van der Waals surface area contributed by atoms with E-state index in [0.717, 1.165) is 5.69 Å². The smallest absolute Gasteiger partial charge is 0.138 e. The molecule has 2 nitrogen and oxygen atoms in total. The summed E-state index contributed by atoms with van der Waals surface area (Å²) in [6.07, 6.45) is 6.52. The van der Waals surface area contributed by atoms with Crippen LogP contribution in [0, 0.1) is 0 Å². The highest BCUT2D eigenvalue weighted by Gasteiger charge is 2.19. The Kier molecular flexibility index (Phi) is 3.14. The van der Waals surface area contributed by atoms with E-state index in [1.165, 1.54) is 32.1 Å². The second-order valence-corrected chi connectivity index (χ2v) is 4.39. The first kappa shape index (κ1) is 10.3. The van der Waals surface area contributed by atoms with Crippen molar-refractivity contribution in [2.24, 2.45) is 0 Å². The zero-order valence-corrected chi connectivity index (χ0v) is 9.32. The molecule has 0 saturated heterocycles. The van der Waals surface area contributed by atoms with Gasteiger partial charge in [0.2, 0.25) is 0 Å². The van der Waals surface area contributed by atoms with Gasteiger partial charge in [-0.15, -0.1) is 0 Å².